The number of hydrogen-bond donors (Lipinski definition) is 2. The van der Waals surface area contributed by atoms with Crippen molar-refractivity contribution in [3.8, 4) is 0 Å². The third-order valence-electron chi connectivity index (χ3n) is 2.99. The van der Waals surface area contributed by atoms with E-state index < -0.39 is 22.3 Å². The van der Waals surface area contributed by atoms with E-state index in [-0.39, 0.29) is 18.9 Å². The Hall–Kier alpha value is -1.35. The number of hydrogen-bond acceptors (Lipinski definition) is 5. The zero-order valence-corrected chi connectivity index (χ0v) is 11.5. The highest BCUT2D eigenvalue weighted by molar-refractivity contribution is 7.87. The summed E-state index contributed by atoms with van der Waals surface area (Å²) in [6.07, 6.45) is 0.847. The highest BCUT2D eigenvalue weighted by Gasteiger charge is 2.30. The van der Waals surface area contributed by atoms with Crippen LogP contribution >= 0.6 is 0 Å². The van der Waals surface area contributed by atoms with Gasteiger partial charge in [-0.1, -0.05) is 0 Å². The summed E-state index contributed by atoms with van der Waals surface area (Å²) in [5.74, 6) is -0.897. The first-order valence-corrected chi connectivity index (χ1v) is 7.37. The summed E-state index contributed by atoms with van der Waals surface area (Å²) in [5, 5.41) is 8.62. The van der Waals surface area contributed by atoms with Crippen molar-refractivity contribution in [1.82, 2.24) is 9.03 Å². The van der Waals surface area contributed by atoms with Crippen LogP contribution < -0.4 is 4.72 Å². The Morgan fingerprint density at radius 2 is 2.16 bits per heavy atom. The van der Waals surface area contributed by atoms with E-state index in [1.54, 1.807) is 4.72 Å². The smallest absolute Gasteiger partial charge is 0.421 e. The van der Waals surface area contributed by atoms with Crippen molar-refractivity contribution in [3.05, 3.63) is 0 Å². The van der Waals surface area contributed by atoms with Crippen molar-refractivity contribution < 1.29 is 27.9 Å². The number of carboxylic acid groups (broad SMARTS) is 1. The van der Waals surface area contributed by atoms with Crippen molar-refractivity contribution in [1.29, 1.82) is 0 Å². The van der Waals surface area contributed by atoms with Crippen LogP contribution in [-0.2, 0) is 19.7 Å². The molecule has 1 atom stereocenters. The molecule has 1 fully saturated rings. The number of piperidine rings is 1. The van der Waals surface area contributed by atoms with Gasteiger partial charge in [0.25, 0.3) is 0 Å². The standard InChI is InChI=1S/C10H18N2O6S/c1-18-10(15)11-19(16,17)12-6-2-3-8(7-12)4-5-9(13)14/h8H,2-7H2,1H3,(H,11,15)(H,13,14). The van der Waals surface area contributed by atoms with Gasteiger partial charge in [0.1, 0.15) is 0 Å². The number of carbonyl (C=O) groups is 2. The fourth-order valence-electron chi connectivity index (χ4n) is 2.02. The Kier molecular flexibility index (Phi) is 5.55. The zero-order valence-electron chi connectivity index (χ0n) is 10.7. The third-order valence-corrected chi connectivity index (χ3v) is 4.42. The Morgan fingerprint density at radius 3 is 2.74 bits per heavy atom. The summed E-state index contributed by atoms with van der Waals surface area (Å²) in [6.45, 7) is 0.537. The van der Waals surface area contributed by atoms with Crippen molar-refractivity contribution >= 4 is 22.3 Å². The molecule has 0 spiro atoms. The molecule has 1 aliphatic heterocycles. The van der Waals surface area contributed by atoms with Crippen LogP contribution in [0, 0.1) is 5.92 Å². The summed E-state index contributed by atoms with van der Waals surface area (Å²) < 4.78 is 30.9. The quantitative estimate of drug-likeness (QED) is 0.747. The van der Waals surface area contributed by atoms with E-state index in [0.29, 0.717) is 19.4 Å². The molecule has 8 nitrogen and oxygen atoms in total. The van der Waals surface area contributed by atoms with Crippen molar-refractivity contribution in [3.63, 3.8) is 0 Å². The summed E-state index contributed by atoms with van der Waals surface area (Å²) in [6, 6.07) is 0. The molecule has 1 heterocycles. The lowest BCUT2D eigenvalue weighted by molar-refractivity contribution is -0.137. The molecule has 0 saturated carbocycles. The highest BCUT2D eigenvalue weighted by Crippen LogP contribution is 2.22. The number of carboxylic acids is 1. The summed E-state index contributed by atoms with van der Waals surface area (Å²) in [4.78, 5) is 21.4. The summed E-state index contributed by atoms with van der Waals surface area (Å²) >= 11 is 0. The molecule has 1 saturated heterocycles. The van der Waals surface area contributed by atoms with Crippen LogP contribution in [0.25, 0.3) is 0 Å². The SMILES string of the molecule is COC(=O)NS(=O)(=O)N1CCCC(CCC(=O)O)C1. The van der Waals surface area contributed by atoms with E-state index in [4.69, 9.17) is 5.11 Å². The van der Waals surface area contributed by atoms with E-state index >= 15 is 0 Å². The molecular formula is C10H18N2O6S. The normalized spacial score (nSPS) is 20.8. The van der Waals surface area contributed by atoms with E-state index in [1.807, 2.05) is 0 Å². The van der Waals surface area contributed by atoms with Gasteiger partial charge in [-0.2, -0.15) is 12.7 Å². The fraction of sp³-hybridized carbons (Fsp3) is 0.800. The number of aliphatic carboxylic acids is 1. The van der Waals surface area contributed by atoms with E-state index in [2.05, 4.69) is 4.74 Å². The van der Waals surface area contributed by atoms with Crippen LogP contribution in [0.4, 0.5) is 4.79 Å². The summed E-state index contributed by atoms with van der Waals surface area (Å²) in [7, 11) is -2.82. The molecule has 1 rings (SSSR count). The van der Waals surface area contributed by atoms with Crippen LogP contribution in [0.3, 0.4) is 0 Å². The molecule has 0 aromatic rings. The molecule has 0 aromatic heterocycles. The first-order chi connectivity index (χ1) is 8.85. The fourth-order valence-corrected chi connectivity index (χ4v) is 3.22. The molecular weight excluding hydrogens is 276 g/mol. The zero-order chi connectivity index (χ0) is 14.5. The third kappa shape index (κ3) is 5.03. The van der Waals surface area contributed by atoms with Gasteiger partial charge >= 0.3 is 22.3 Å². The van der Waals surface area contributed by atoms with E-state index in [1.165, 1.54) is 0 Å². The lowest BCUT2D eigenvalue weighted by Crippen LogP contribution is -2.47. The number of amides is 1. The van der Waals surface area contributed by atoms with Crippen LogP contribution in [0.5, 0.6) is 0 Å². The van der Waals surface area contributed by atoms with E-state index in [9.17, 15) is 18.0 Å². The predicted molar refractivity (Wildman–Crippen MR) is 65.6 cm³/mol. The van der Waals surface area contributed by atoms with Gasteiger partial charge in [-0.15, -0.1) is 0 Å². The molecule has 0 bridgehead atoms. The van der Waals surface area contributed by atoms with Gasteiger partial charge in [0.05, 0.1) is 7.11 Å². The second-order valence-corrected chi connectivity index (χ2v) is 6.07. The molecule has 19 heavy (non-hydrogen) atoms. The lowest BCUT2D eigenvalue weighted by Gasteiger charge is -2.31. The van der Waals surface area contributed by atoms with Gasteiger partial charge in [0.2, 0.25) is 0 Å². The minimum absolute atomic E-state index is 0.000859. The van der Waals surface area contributed by atoms with Crippen LogP contribution in [0.1, 0.15) is 25.7 Å². The van der Waals surface area contributed by atoms with Crippen LogP contribution in [0.2, 0.25) is 0 Å². The molecule has 9 heteroatoms. The number of rotatable bonds is 5. The molecule has 1 aliphatic rings. The first kappa shape index (κ1) is 15.7. The molecule has 0 aromatic carbocycles. The molecule has 0 radical (unpaired) electrons. The van der Waals surface area contributed by atoms with Gasteiger partial charge < -0.3 is 9.84 Å². The molecule has 110 valence electrons. The summed E-state index contributed by atoms with van der Waals surface area (Å²) in [5.41, 5.74) is 0. The first-order valence-electron chi connectivity index (χ1n) is 5.93. The molecule has 1 amide bonds. The molecule has 0 aliphatic carbocycles. The Bertz CT molecular complexity index is 435. The second kappa shape index (κ2) is 6.71. The Labute approximate surface area is 111 Å². The van der Waals surface area contributed by atoms with Crippen LogP contribution in [0.15, 0.2) is 0 Å². The van der Waals surface area contributed by atoms with E-state index in [0.717, 1.165) is 17.8 Å². The topological polar surface area (TPSA) is 113 Å². The minimum Gasteiger partial charge on any atom is -0.481 e. The average Bonchev–Trinajstić information content (AvgIpc) is 2.36. The minimum atomic E-state index is -3.90. The number of nitrogens with one attached hydrogen (secondary N) is 1. The molecule has 2 N–H and O–H groups in total. The lowest BCUT2D eigenvalue weighted by atomic mass is 9.95. The van der Waals surface area contributed by atoms with Gasteiger partial charge in [-0.3, -0.25) is 4.79 Å². The van der Waals surface area contributed by atoms with Gasteiger partial charge in [-0.25, -0.2) is 9.52 Å². The average molecular weight is 294 g/mol. The van der Waals surface area contributed by atoms with Gasteiger partial charge in [0.15, 0.2) is 0 Å². The van der Waals surface area contributed by atoms with Gasteiger partial charge in [-0.05, 0) is 25.2 Å². The van der Waals surface area contributed by atoms with Gasteiger partial charge in [0, 0.05) is 19.5 Å². The van der Waals surface area contributed by atoms with Crippen molar-refractivity contribution in [2.24, 2.45) is 5.92 Å². The van der Waals surface area contributed by atoms with Crippen molar-refractivity contribution in [2.75, 3.05) is 20.2 Å². The number of methoxy groups -OCH3 is 1. The second-order valence-electron chi connectivity index (χ2n) is 4.40. The number of ether oxygens (including phenoxy) is 1. The Balaban J connectivity index is 2.58. The number of nitrogens with zero attached hydrogens (tertiary/aromatic N) is 1. The largest absolute Gasteiger partial charge is 0.481 e. The molecule has 1 unspecified atom stereocenters. The van der Waals surface area contributed by atoms with Crippen LogP contribution in [-0.4, -0.2) is 50.1 Å². The Morgan fingerprint density at radius 1 is 1.47 bits per heavy atom. The predicted octanol–water partition coefficient (Wildman–Crippen LogP) is 0.164. The maximum absolute atomic E-state index is 11.8. The maximum Gasteiger partial charge on any atom is 0.421 e. The van der Waals surface area contributed by atoms with Crippen molar-refractivity contribution in [2.45, 2.75) is 25.7 Å². The number of carbonyl (C=O) groups excluding carboxylic acids is 1. The monoisotopic (exact) mass is 294 g/mol. The maximum atomic E-state index is 11.8. The highest BCUT2D eigenvalue weighted by atomic mass is 32.2.